The molecule has 1 heterocycles. The minimum atomic E-state index is -4.50. The maximum atomic E-state index is 13.1. The van der Waals surface area contributed by atoms with Crippen molar-refractivity contribution in [3.05, 3.63) is 29.8 Å². The Morgan fingerprint density at radius 1 is 1.22 bits per heavy atom. The summed E-state index contributed by atoms with van der Waals surface area (Å²) in [5, 5.41) is 2.45. The van der Waals surface area contributed by atoms with Crippen molar-refractivity contribution in [2.45, 2.75) is 31.5 Å². The van der Waals surface area contributed by atoms with Gasteiger partial charge in [0.15, 0.2) is 0 Å². The number of amides is 2. The molecule has 0 aliphatic carbocycles. The first-order chi connectivity index (χ1) is 12.7. The summed E-state index contributed by atoms with van der Waals surface area (Å²) in [4.78, 5) is 18.5. The van der Waals surface area contributed by atoms with Crippen LogP contribution in [0.1, 0.15) is 24.8 Å². The fourth-order valence-corrected chi connectivity index (χ4v) is 3.35. The molecule has 1 aromatic rings. The molecular formula is C19H29F3N4O. The lowest BCUT2D eigenvalue weighted by Gasteiger charge is -2.37. The lowest BCUT2D eigenvalue weighted by Crippen LogP contribution is -2.50. The van der Waals surface area contributed by atoms with Crippen LogP contribution in [-0.2, 0) is 6.18 Å². The number of hydrogen-bond donors (Lipinski definition) is 1. The molecule has 5 nitrogen and oxygen atoms in total. The zero-order chi connectivity index (χ0) is 20.0. The fraction of sp³-hybridized carbons (Fsp3) is 0.632. The van der Waals surface area contributed by atoms with Gasteiger partial charge in [0.25, 0.3) is 0 Å². The number of benzene rings is 1. The van der Waals surface area contributed by atoms with E-state index in [0.29, 0.717) is 13.1 Å². The van der Waals surface area contributed by atoms with Gasteiger partial charge in [-0.15, -0.1) is 0 Å². The van der Waals surface area contributed by atoms with Gasteiger partial charge in [-0.25, -0.2) is 4.79 Å². The van der Waals surface area contributed by atoms with Crippen molar-refractivity contribution in [1.82, 2.24) is 14.7 Å². The zero-order valence-electron chi connectivity index (χ0n) is 16.2. The number of carbonyl (C=O) groups is 1. The fourth-order valence-electron chi connectivity index (χ4n) is 3.35. The molecule has 1 aromatic carbocycles. The lowest BCUT2D eigenvalue weighted by molar-refractivity contribution is -0.136. The standard InChI is InChI=1S/C19H29F3N4O/c1-24(2)11-7-12-25(3)15-8-6-13-26(14-15)18(27)23-17-10-5-4-9-16(17)19(20,21)22/h4-5,9-10,15H,6-8,11-14H2,1-3H3,(H,23,27)/t15-/m0/s1. The molecule has 0 radical (unpaired) electrons. The molecule has 2 rings (SSSR count). The summed E-state index contributed by atoms with van der Waals surface area (Å²) in [5.41, 5.74) is -1.02. The van der Waals surface area contributed by atoms with Crippen LogP contribution in [0.3, 0.4) is 0 Å². The number of alkyl halides is 3. The molecule has 1 aliphatic heterocycles. The predicted molar refractivity (Wildman–Crippen MR) is 101 cm³/mol. The van der Waals surface area contributed by atoms with Crippen molar-refractivity contribution >= 4 is 11.7 Å². The first-order valence-electron chi connectivity index (χ1n) is 9.25. The van der Waals surface area contributed by atoms with Gasteiger partial charge >= 0.3 is 12.2 Å². The second-order valence-corrected chi connectivity index (χ2v) is 7.35. The maximum Gasteiger partial charge on any atom is 0.418 e. The molecule has 27 heavy (non-hydrogen) atoms. The van der Waals surface area contributed by atoms with Crippen LogP contribution in [-0.4, -0.2) is 74.1 Å². The van der Waals surface area contributed by atoms with Crippen LogP contribution in [0.15, 0.2) is 24.3 Å². The van der Waals surface area contributed by atoms with E-state index < -0.39 is 17.8 Å². The number of nitrogens with one attached hydrogen (secondary N) is 1. The van der Waals surface area contributed by atoms with Gasteiger partial charge in [0.05, 0.1) is 11.3 Å². The topological polar surface area (TPSA) is 38.8 Å². The molecule has 2 amide bonds. The van der Waals surface area contributed by atoms with E-state index in [2.05, 4.69) is 15.1 Å². The number of likely N-dealkylation sites (N-methyl/N-ethyl adjacent to an activating group) is 1. The molecule has 1 aliphatic rings. The number of piperidine rings is 1. The predicted octanol–water partition coefficient (Wildman–Crippen LogP) is 3.59. The molecule has 0 saturated carbocycles. The highest BCUT2D eigenvalue weighted by atomic mass is 19.4. The first kappa shape index (κ1) is 21.5. The number of rotatable bonds is 6. The van der Waals surface area contributed by atoms with Crippen molar-refractivity contribution < 1.29 is 18.0 Å². The highest BCUT2D eigenvalue weighted by Gasteiger charge is 2.34. The lowest BCUT2D eigenvalue weighted by atomic mass is 10.0. The molecule has 0 unspecified atom stereocenters. The van der Waals surface area contributed by atoms with Crippen molar-refractivity contribution in [2.24, 2.45) is 0 Å². The summed E-state index contributed by atoms with van der Waals surface area (Å²) in [5.74, 6) is 0. The molecule has 1 fully saturated rings. The van der Waals surface area contributed by atoms with E-state index in [-0.39, 0.29) is 11.7 Å². The van der Waals surface area contributed by atoms with Crippen molar-refractivity contribution in [3.63, 3.8) is 0 Å². The average Bonchev–Trinajstić information content (AvgIpc) is 2.61. The molecule has 1 saturated heterocycles. The van der Waals surface area contributed by atoms with Gasteiger partial charge < -0.3 is 20.0 Å². The van der Waals surface area contributed by atoms with E-state index in [1.54, 1.807) is 4.90 Å². The van der Waals surface area contributed by atoms with Crippen LogP contribution in [0.4, 0.5) is 23.7 Å². The van der Waals surface area contributed by atoms with Crippen molar-refractivity contribution in [1.29, 1.82) is 0 Å². The number of hydrogen-bond acceptors (Lipinski definition) is 3. The van der Waals surface area contributed by atoms with Crippen LogP contribution in [0.5, 0.6) is 0 Å². The molecule has 1 N–H and O–H groups in total. The van der Waals surface area contributed by atoms with E-state index in [4.69, 9.17) is 0 Å². The Kier molecular flexibility index (Phi) is 7.49. The quantitative estimate of drug-likeness (QED) is 0.812. The Bertz CT molecular complexity index is 621. The number of anilines is 1. The monoisotopic (exact) mass is 386 g/mol. The van der Waals surface area contributed by atoms with Gasteiger partial charge in [0.2, 0.25) is 0 Å². The third-order valence-electron chi connectivity index (χ3n) is 4.90. The summed E-state index contributed by atoms with van der Waals surface area (Å²) in [6.45, 7) is 3.01. The van der Waals surface area contributed by atoms with Gasteiger partial charge in [-0.2, -0.15) is 13.2 Å². The maximum absolute atomic E-state index is 13.1. The van der Waals surface area contributed by atoms with Crippen LogP contribution in [0.2, 0.25) is 0 Å². The Hall–Kier alpha value is -1.80. The van der Waals surface area contributed by atoms with Crippen LogP contribution < -0.4 is 5.32 Å². The van der Waals surface area contributed by atoms with E-state index in [1.807, 2.05) is 21.1 Å². The summed E-state index contributed by atoms with van der Waals surface area (Å²) < 4.78 is 39.3. The second kappa shape index (κ2) is 9.41. The molecule has 0 bridgehead atoms. The van der Waals surface area contributed by atoms with Gasteiger partial charge in [0.1, 0.15) is 0 Å². The third-order valence-corrected chi connectivity index (χ3v) is 4.90. The highest BCUT2D eigenvalue weighted by molar-refractivity contribution is 5.90. The number of nitrogens with zero attached hydrogens (tertiary/aromatic N) is 3. The van der Waals surface area contributed by atoms with E-state index in [0.717, 1.165) is 38.4 Å². The molecular weight excluding hydrogens is 357 g/mol. The summed E-state index contributed by atoms with van der Waals surface area (Å²) in [6.07, 6.45) is -1.63. The Balaban J connectivity index is 1.95. The van der Waals surface area contributed by atoms with Gasteiger partial charge in [-0.3, -0.25) is 0 Å². The average molecular weight is 386 g/mol. The number of carbonyl (C=O) groups excluding carboxylic acids is 1. The summed E-state index contributed by atoms with van der Waals surface area (Å²) >= 11 is 0. The summed E-state index contributed by atoms with van der Waals surface area (Å²) in [6, 6.07) is 4.82. The second-order valence-electron chi connectivity index (χ2n) is 7.35. The summed E-state index contributed by atoms with van der Waals surface area (Å²) in [7, 11) is 6.11. The third kappa shape index (κ3) is 6.39. The number of halogens is 3. The number of urea groups is 1. The van der Waals surface area contributed by atoms with Crippen LogP contribution >= 0.6 is 0 Å². The smallest absolute Gasteiger partial charge is 0.323 e. The SMILES string of the molecule is CN(C)CCCN(C)[C@H]1CCCN(C(=O)Nc2ccccc2C(F)(F)F)C1. The largest absolute Gasteiger partial charge is 0.418 e. The van der Waals surface area contributed by atoms with Crippen LogP contribution in [0, 0.1) is 0 Å². The minimum Gasteiger partial charge on any atom is -0.323 e. The first-order valence-corrected chi connectivity index (χ1v) is 9.25. The van der Waals surface area contributed by atoms with E-state index in [9.17, 15) is 18.0 Å². The number of likely N-dealkylation sites (tertiary alicyclic amines) is 1. The number of para-hydroxylation sites is 1. The molecule has 0 spiro atoms. The minimum absolute atomic E-state index is 0.198. The van der Waals surface area contributed by atoms with Gasteiger partial charge in [-0.05, 0) is 65.6 Å². The van der Waals surface area contributed by atoms with E-state index >= 15 is 0 Å². The zero-order valence-corrected chi connectivity index (χ0v) is 16.2. The van der Waals surface area contributed by atoms with Crippen molar-refractivity contribution in [2.75, 3.05) is 52.6 Å². The highest BCUT2D eigenvalue weighted by Crippen LogP contribution is 2.34. The normalized spacial score (nSPS) is 18.2. The van der Waals surface area contributed by atoms with Crippen molar-refractivity contribution in [3.8, 4) is 0 Å². The van der Waals surface area contributed by atoms with Gasteiger partial charge in [-0.1, -0.05) is 12.1 Å². The Morgan fingerprint density at radius 2 is 1.93 bits per heavy atom. The molecule has 8 heteroatoms. The molecule has 1 atom stereocenters. The van der Waals surface area contributed by atoms with Gasteiger partial charge in [0, 0.05) is 19.1 Å². The Morgan fingerprint density at radius 3 is 2.59 bits per heavy atom. The Labute approximate surface area is 159 Å². The molecule has 152 valence electrons. The molecule has 0 aromatic heterocycles. The van der Waals surface area contributed by atoms with E-state index in [1.165, 1.54) is 18.2 Å². The van der Waals surface area contributed by atoms with Crippen LogP contribution in [0.25, 0.3) is 0 Å².